The van der Waals surface area contributed by atoms with Crippen molar-refractivity contribution in [1.29, 1.82) is 0 Å². The van der Waals surface area contributed by atoms with E-state index < -0.39 is 0 Å². The average Bonchev–Trinajstić information content (AvgIpc) is 2.35. The van der Waals surface area contributed by atoms with Gasteiger partial charge >= 0.3 is 5.97 Å². The molecule has 0 aromatic rings. The van der Waals surface area contributed by atoms with Crippen LogP contribution in [0.4, 0.5) is 0 Å². The predicted octanol–water partition coefficient (Wildman–Crippen LogP) is 4.65. The van der Waals surface area contributed by atoms with E-state index in [1.807, 2.05) is 0 Å². The third kappa shape index (κ3) is 5.71. The van der Waals surface area contributed by atoms with Gasteiger partial charge in [-0.3, -0.25) is 4.79 Å². The van der Waals surface area contributed by atoms with Gasteiger partial charge in [0.1, 0.15) is 11.9 Å². The number of allylic oxidation sites excluding steroid dienone is 1. The summed E-state index contributed by atoms with van der Waals surface area (Å²) in [7, 11) is 0. The molecular weight excluding hydrogens is 355 g/mol. The van der Waals surface area contributed by atoms with E-state index >= 15 is 0 Å². The minimum atomic E-state index is -0.126. The Morgan fingerprint density at radius 1 is 1.37 bits per heavy atom. The zero-order valence-electron chi connectivity index (χ0n) is 12.2. The minimum absolute atomic E-state index is 0.0880. The van der Waals surface area contributed by atoms with E-state index in [1.165, 1.54) is 12.8 Å². The number of rotatable bonds is 6. The summed E-state index contributed by atoms with van der Waals surface area (Å²) in [6.45, 7) is 10.4. The Morgan fingerprint density at radius 3 is 2.63 bits per heavy atom. The first kappa shape index (κ1) is 16.8. The highest BCUT2D eigenvalue weighted by Gasteiger charge is 2.33. The van der Waals surface area contributed by atoms with Crippen molar-refractivity contribution in [3.63, 3.8) is 0 Å². The highest BCUT2D eigenvalue weighted by Crippen LogP contribution is 2.35. The van der Waals surface area contributed by atoms with Gasteiger partial charge in [0.25, 0.3) is 0 Å². The van der Waals surface area contributed by atoms with Crippen LogP contribution in [0.5, 0.6) is 0 Å². The van der Waals surface area contributed by atoms with Crippen LogP contribution in [0.15, 0.2) is 12.3 Å². The molecule has 110 valence electrons. The first-order chi connectivity index (χ1) is 8.93. The van der Waals surface area contributed by atoms with Crippen molar-refractivity contribution < 1.29 is 12.6 Å². The molecular formula is C15H25IO3. The van der Waals surface area contributed by atoms with Gasteiger partial charge in [0.2, 0.25) is 0 Å². The van der Waals surface area contributed by atoms with Crippen LogP contribution < -0.4 is 0 Å². The topological polar surface area (TPSA) is 35.5 Å². The summed E-state index contributed by atoms with van der Waals surface area (Å²) in [5, 5.41) is 0. The third-order valence-electron chi connectivity index (χ3n) is 3.96. The van der Waals surface area contributed by atoms with Crippen molar-refractivity contribution in [2.45, 2.75) is 59.0 Å². The lowest BCUT2D eigenvalue weighted by molar-refractivity contribution is -0.155. The summed E-state index contributed by atoms with van der Waals surface area (Å²) >= 11 is 1.78. The summed E-state index contributed by atoms with van der Waals surface area (Å²) in [6.07, 6.45) is 4.40. The third-order valence-corrected chi connectivity index (χ3v) is 4.58. The first-order valence-corrected chi connectivity index (χ1v) is 7.98. The highest BCUT2D eigenvalue weighted by molar-refractivity contribution is 14.1. The van der Waals surface area contributed by atoms with Gasteiger partial charge in [-0.2, -0.15) is 0 Å². The molecule has 0 aromatic heterocycles. The van der Waals surface area contributed by atoms with Crippen molar-refractivity contribution >= 4 is 29.0 Å². The Kier molecular flexibility index (Phi) is 7.18. The molecule has 0 N–H and O–H groups in total. The molecule has 19 heavy (non-hydrogen) atoms. The molecule has 0 saturated heterocycles. The number of esters is 1. The van der Waals surface area contributed by atoms with Crippen molar-refractivity contribution in [2.75, 3.05) is 0 Å². The van der Waals surface area contributed by atoms with Gasteiger partial charge in [-0.1, -0.05) is 33.8 Å². The van der Waals surface area contributed by atoms with Gasteiger partial charge in [0.15, 0.2) is 23.0 Å². The minimum Gasteiger partial charge on any atom is -0.462 e. The largest absolute Gasteiger partial charge is 0.462 e. The van der Waals surface area contributed by atoms with Crippen LogP contribution in [0, 0.1) is 17.8 Å². The number of carbonyl (C=O) groups is 1. The molecule has 3 atom stereocenters. The van der Waals surface area contributed by atoms with Gasteiger partial charge in [-0.15, -0.1) is 0 Å². The first-order valence-electron chi connectivity index (χ1n) is 7.09. The number of hydrogen-bond acceptors (Lipinski definition) is 3. The Morgan fingerprint density at radius 2 is 2.05 bits per heavy atom. The Bertz CT molecular complexity index is 315. The molecule has 4 heteroatoms. The van der Waals surface area contributed by atoms with Crippen molar-refractivity contribution in [1.82, 2.24) is 0 Å². The molecule has 0 amide bonds. The molecule has 0 aromatic carbocycles. The van der Waals surface area contributed by atoms with E-state index in [2.05, 4.69) is 27.4 Å². The van der Waals surface area contributed by atoms with Crippen LogP contribution in [0.1, 0.15) is 52.9 Å². The molecule has 0 heterocycles. The molecule has 0 radical (unpaired) electrons. The normalized spacial score (nSPS) is 27.1. The maximum absolute atomic E-state index is 11.9. The van der Waals surface area contributed by atoms with Crippen LogP contribution in [0.25, 0.3) is 0 Å². The van der Waals surface area contributed by atoms with E-state index in [0.29, 0.717) is 36.4 Å². The quantitative estimate of drug-likeness (QED) is 0.382. The molecule has 0 spiro atoms. The van der Waals surface area contributed by atoms with E-state index in [1.54, 1.807) is 23.0 Å². The van der Waals surface area contributed by atoms with Crippen LogP contribution in [-0.4, -0.2) is 12.1 Å². The number of hydrogen-bond donors (Lipinski definition) is 0. The fraction of sp³-hybridized carbons (Fsp3) is 0.800. The fourth-order valence-corrected chi connectivity index (χ4v) is 2.98. The summed E-state index contributed by atoms with van der Waals surface area (Å²) in [4.78, 5) is 11.9. The van der Waals surface area contributed by atoms with Gasteiger partial charge in [0, 0.05) is 6.42 Å². The monoisotopic (exact) mass is 380 g/mol. The number of ether oxygens (including phenoxy) is 1. The molecule has 1 fully saturated rings. The lowest BCUT2D eigenvalue weighted by atomic mass is 9.75. The molecule has 3 nitrogen and oxygen atoms in total. The average molecular weight is 380 g/mol. The highest BCUT2D eigenvalue weighted by atomic mass is 127. The Hall–Kier alpha value is -0.260. The molecule has 2 unspecified atom stereocenters. The Labute approximate surface area is 130 Å². The molecule has 1 aliphatic rings. The van der Waals surface area contributed by atoms with Crippen molar-refractivity contribution in [2.24, 2.45) is 17.8 Å². The summed E-state index contributed by atoms with van der Waals surface area (Å²) in [5.41, 5.74) is 0. The van der Waals surface area contributed by atoms with Crippen LogP contribution in [0.3, 0.4) is 0 Å². The van der Waals surface area contributed by atoms with Crippen molar-refractivity contribution in [3.05, 3.63) is 12.3 Å². The van der Waals surface area contributed by atoms with Crippen LogP contribution in [0.2, 0.25) is 0 Å². The zero-order chi connectivity index (χ0) is 14.4. The standard InChI is InChI=1S/C15H25IO3/c1-10(2)13-7-5-11(3)9-14(13)18-15(17)8-6-12(4)19-16/h10-11,13-14H,4-9H2,1-3H3/t11?,13-,14?/m0/s1. The molecule has 0 aliphatic heterocycles. The second kappa shape index (κ2) is 8.12. The number of halogens is 1. The van der Waals surface area contributed by atoms with Crippen LogP contribution >= 0.6 is 23.0 Å². The summed E-state index contributed by atoms with van der Waals surface area (Å²) in [5.74, 6) is 2.22. The second-order valence-electron chi connectivity index (χ2n) is 5.97. The van der Waals surface area contributed by atoms with E-state index in [9.17, 15) is 4.79 Å². The van der Waals surface area contributed by atoms with E-state index in [4.69, 9.17) is 7.80 Å². The second-order valence-corrected chi connectivity index (χ2v) is 6.41. The van der Waals surface area contributed by atoms with E-state index in [-0.39, 0.29) is 12.1 Å². The van der Waals surface area contributed by atoms with Gasteiger partial charge in [-0.05, 0) is 30.6 Å². The fourth-order valence-electron chi connectivity index (χ4n) is 2.76. The zero-order valence-corrected chi connectivity index (χ0v) is 14.3. The lowest BCUT2D eigenvalue weighted by Crippen LogP contribution is -2.35. The molecule has 1 rings (SSSR count). The van der Waals surface area contributed by atoms with E-state index in [0.717, 1.165) is 6.42 Å². The molecule has 1 saturated carbocycles. The van der Waals surface area contributed by atoms with Crippen molar-refractivity contribution in [3.8, 4) is 0 Å². The molecule has 1 aliphatic carbocycles. The SMILES string of the molecule is C=C(CCC(=O)OC1CC(C)CC[C@H]1C(C)C)OI. The van der Waals surface area contributed by atoms with Gasteiger partial charge in [-0.25, -0.2) is 0 Å². The van der Waals surface area contributed by atoms with Crippen LogP contribution in [-0.2, 0) is 12.6 Å². The maximum atomic E-state index is 11.9. The Balaban J connectivity index is 2.47. The molecule has 0 bridgehead atoms. The lowest BCUT2D eigenvalue weighted by Gasteiger charge is -2.36. The maximum Gasteiger partial charge on any atom is 0.306 e. The summed E-state index contributed by atoms with van der Waals surface area (Å²) < 4.78 is 10.6. The summed E-state index contributed by atoms with van der Waals surface area (Å²) in [6, 6.07) is 0. The smallest absolute Gasteiger partial charge is 0.306 e. The predicted molar refractivity (Wildman–Crippen MR) is 84.7 cm³/mol. The van der Waals surface area contributed by atoms with Gasteiger partial charge < -0.3 is 7.80 Å². The number of carbonyl (C=O) groups excluding carboxylic acids is 1. The van der Waals surface area contributed by atoms with Gasteiger partial charge in [0.05, 0.1) is 6.42 Å².